The zero-order chi connectivity index (χ0) is 14.2. The van der Waals surface area contributed by atoms with Gasteiger partial charge in [-0.15, -0.1) is 0 Å². The van der Waals surface area contributed by atoms with Crippen molar-refractivity contribution >= 4 is 34.9 Å². The van der Waals surface area contributed by atoms with Crippen LogP contribution in [0.4, 0.5) is 0 Å². The van der Waals surface area contributed by atoms with Crippen LogP contribution in [0.15, 0.2) is 17.1 Å². The molecule has 0 spiro atoms. The summed E-state index contributed by atoms with van der Waals surface area (Å²) < 4.78 is 0. The van der Waals surface area contributed by atoms with Gasteiger partial charge in [-0.1, -0.05) is 23.2 Å². The van der Waals surface area contributed by atoms with E-state index in [0.29, 0.717) is 27.0 Å². The second kappa shape index (κ2) is 5.12. The van der Waals surface area contributed by atoms with Crippen LogP contribution in [0.25, 0.3) is 0 Å². The van der Waals surface area contributed by atoms with E-state index in [1.807, 2.05) is 20.8 Å². The number of aliphatic imine (C=N–C) groups is 1. The molecule has 0 aliphatic carbocycles. The summed E-state index contributed by atoms with van der Waals surface area (Å²) in [6.45, 7) is 8.66. The molecule has 0 aromatic heterocycles. The summed E-state index contributed by atoms with van der Waals surface area (Å²) in [5, 5.41) is 6.35. The minimum absolute atomic E-state index is 0.146. The van der Waals surface area contributed by atoms with Gasteiger partial charge in [0.2, 0.25) is 0 Å². The number of rotatable bonds is 2. The first kappa shape index (κ1) is 14.3. The normalized spacial score (nSPS) is 16.7. The number of nitrogens with one attached hydrogen (secondary N) is 2. The van der Waals surface area contributed by atoms with E-state index in [1.165, 1.54) is 6.07 Å². The lowest BCUT2D eigenvalue weighted by Gasteiger charge is -2.17. The summed E-state index contributed by atoms with van der Waals surface area (Å²) >= 11 is 11.8. The lowest BCUT2D eigenvalue weighted by molar-refractivity contribution is 0.0983. The first-order valence-corrected chi connectivity index (χ1v) is 6.44. The smallest absolute Gasteiger partial charge is 0.257 e. The maximum Gasteiger partial charge on any atom is 0.257 e. The number of amides is 1. The number of fused-ring (bicyclic) bond motifs is 1. The van der Waals surface area contributed by atoms with Gasteiger partial charge in [0.15, 0.2) is 6.67 Å². The number of benzene rings is 1. The van der Waals surface area contributed by atoms with Crippen molar-refractivity contribution in [2.45, 2.75) is 26.3 Å². The van der Waals surface area contributed by atoms with Crippen LogP contribution in [0, 0.1) is 6.67 Å². The fourth-order valence-corrected chi connectivity index (χ4v) is 1.84. The average molecular weight is 298 g/mol. The van der Waals surface area contributed by atoms with Gasteiger partial charge in [-0.2, -0.15) is 0 Å². The van der Waals surface area contributed by atoms with Crippen LogP contribution in [0.3, 0.4) is 0 Å². The first-order chi connectivity index (χ1) is 8.78. The number of carbonyl (C=O) groups excluding carboxylic acids is 1. The van der Waals surface area contributed by atoms with Crippen molar-refractivity contribution in [2.75, 3.05) is 0 Å². The Labute approximate surface area is 122 Å². The van der Waals surface area contributed by atoms with Crippen LogP contribution in [-0.2, 0) is 0 Å². The SMILES string of the molecule is CC(C)(C)N[C]/N=C1/NC(=O)c2cc(Cl)c(Cl)cc21. The second-order valence-corrected chi connectivity index (χ2v) is 6.03. The van der Waals surface area contributed by atoms with Crippen molar-refractivity contribution in [1.82, 2.24) is 10.6 Å². The maximum atomic E-state index is 11.8. The average Bonchev–Trinajstić information content (AvgIpc) is 2.55. The third kappa shape index (κ3) is 3.26. The van der Waals surface area contributed by atoms with Gasteiger partial charge in [0.05, 0.1) is 15.6 Å². The molecule has 1 aromatic rings. The molecule has 1 aromatic carbocycles. The molecule has 4 nitrogen and oxygen atoms in total. The number of hydrogen-bond acceptors (Lipinski definition) is 3. The molecule has 19 heavy (non-hydrogen) atoms. The number of halogens is 2. The summed E-state index contributed by atoms with van der Waals surface area (Å²) in [5.74, 6) is 0.167. The molecule has 0 unspecified atom stereocenters. The Hall–Kier alpha value is -1.10. The summed E-state index contributed by atoms with van der Waals surface area (Å²) in [6, 6.07) is 3.16. The van der Waals surface area contributed by atoms with Crippen LogP contribution in [0.2, 0.25) is 10.0 Å². The minimum atomic E-state index is -0.245. The Morgan fingerprint density at radius 1 is 1.21 bits per heavy atom. The molecule has 6 heteroatoms. The minimum Gasteiger partial charge on any atom is -0.306 e. The monoisotopic (exact) mass is 297 g/mol. The number of amidine groups is 1. The molecule has 2 N–H and O–H groups in total. The molecule has 0 saturated heterocycles. The van der Waals surface area contributed by atoms with Crippen molar-refractivity contribution < 1.29 is 4.79 Å². The lowest BCUT2D eigenvalue weighted by atomic mass is 10.1. The Morgan fingerprint density at radius 3 is 2.37 bits per heavy atom. The van der Waals surface area contributed by atoms with Gasteiger partial charge in [0.1, 0.15) is 5.84 Å². The van der Waals surface area contributed by atoms with E-state index in [4.69, 9.17) is 23.2 Å². The highest BCUT2D eigenvalue weighted by atomic mass is 35.5. The predicted octanol–water partition coefficient (Wildman–Crippen LogP) is 2.87. The van der Waals surface area contributed by atoms with Gasteiger partial charge < -0.3 is 5.32 Å². The van der Waals surface area contributed by atoms with E-state index in [0.717, 1.165) is 0 Å². The highest BCUT2D eigenvalue weighted by molar-refractivity contribution is 6.43. The summed E-state index contributed by atoms with van der Waals surface area (Å²) in [4.78, 5) is 15.9. The van der Waals surface area contributed by atoms with E-state index in [9.17, 15) is 4.79 Å². The van der Waals surface area contributed by atoms with E-state index < -0.39 is 0 Å². The molecule has 1 heterocycles. The second-order valence-electron chi connectivity index (χ2n) is 5.21. The van der Waals surface area contributed by atoms with Crippen LogP contribution in [0.5, 0.6) is 0 Å². The fraction of sp³-hybridized carbons (Fsp3) is 0.308. The molecule has 1 amide bonds. The number of hydrogen-bond donors (Lipinski definition) is 2. The van der Waals surface area contributed by atoms with E-state index in [-0.39, 0.29) is 11.4 Å². The Morgan fingerprint density at radius 2 is 1.79 bits per heavy atom. The Bertz CT molecular complexity index is 562. The van der Waals surface area contributed by atoms with Gasteiger partial charge in [-0.25, -0.2) is 4.99 Å². The van der Waals surface area contributed by atoms with Crippen molar-refractivity contribution in [3.8, 4) is 0 Å². The van der Waals surface area contributed by atoms with Crippen LogP contribution >= 0.6 is 23.2 Å². The molecule has 100 valence electrons. The van der Waals surface area contributed by atoms with E-state index >= 15 is 0 Å². The van der Waals surface area contributed by atoms with Crippen molar-refractivity contribution in [3.05, 3.63) is 40.0 Å². The Kier molecular flexibility index (Phi) is 3.85. The largest absolute Gasteiger partial charge is 0.306 e. The van der Waals surface area contributed by atoms with Gasteiger partial charge in [0, 0.05) is 11.1 Å². The molecular weight excluding hydrogens is 285 g/mol. The zero-order valence-electron chi connectivity index (χ0n) is 10.8. The molecule has 1 aliphatic rings. The summed E-state index contributed by atoms with van der Waals surface area (Å²) in [6.07, 6.45) is 0. The van der Waals surface area contributed by atoms with Crippen molar-refractivity contribution in [2.24, 2.45) is 4.99 Å². The van der Waals surface area contributed by atoms with Crippen LogP contribution in [0.1, 0.15) is 36.7 Å². The zero-order valence-corrected chi connectivity index (χ0v) is 12.3. The fourth-order valence-electron chi connectivity index (χ4n) is 1.51. The highest BCUT2D eigenvalue weighted by Crippen LogP contribution is 2.28. The lowest BCUT2D eigenvalue weighted by Crippen LogP contribution is -2.33. The Balaban J connectivity index is 2.26. The van der Waals surface area contributed by atoms with Crippen molar-refractivity contribution in [3.63, 3.8) is 0 Å². The first-order valence-electron chi connectivity index (χ1n) is 5.68. The van der Waals surface area contributed by atoms with Gasteiger partial charge in [-0.05, 0) is 32.9 Å². The number of carbonyl (C=O) groups is 1. The summed E-state index contributed by atoms with van der Waals surface area (Å²) in [7, 11) is 0. The highest BCUT2D eigenvalue weighted by Gasteiger charge is 2.26. The van der Waals surface area contributed by atoms with Gasteiger partial charge in [-0.3, -0.25) is 10.1 Å². The number of nitrogens with zero attached hydrogens (tertiary/aromatic N) is 1. The third-order valence-corrected chi connectivity index (χ3v) is 3.11. The molecule has 0 saturated carbocycles. The summed E-state index contributed by atoms with van der Waals surface area (Å²) in [5.41, 5.74) is 0.945. The maximum absolute atomic E-state index is 11.8. The predicted molar refractivity (Wildman–Crippen MR) is 76.6 cm³/mol. The molecule has 2 radical (unpaired) electrons. The third-order valence-electron chi connectivity index (χ3n) is 2.39. The molecule has 0 fully saturated rings. The molecule has 1 aliphatic heterocycles. The van der Waals surface area contributed by atoms with E-state index in [2.05, 4.69) is 22.3 Å². The van der Waals surface area contributed by atoms with E-state index in [1.54, 1.807) is 6.07 Å². The standard InChI is InChI=1S/C13H13Cl2N3O/c1-13(2,3)17-6-16-11-7-4-9(14)10(15)5-8(7)12(19)18-11/h4-5,17H,1-3H3,(H,16,18,19). The quantitative estimate of drug-likeness (QED) is 0.825. The van der Waals surface area contributed by atoms with Gasteiger partial charge >= 0.3 is 0 Å². The van der Waals surface area contributed by atoms with Gasteiger partial charge in [0.25, 0.3) is 5.91 Å². The molecule has 0 atom stereocenters. The topological polar surface area (TPSA) is 53.5 Å². The van der Waals surface area contributed by atoms with Crippen LogP contribution < -0.4 is 10.6 Å². The van der Waals surface area contributed by atoms with Crippen LogP contribution in [-0.4, -0.2) is 17.3 Å². The van der Waals surface area contributed by atoms with Crippen molar-refractivity contribution in [1.29, 1.82) is 0 Å². The molecule has 0 bridgehead atoms. The molecule has 2 rings (SSSR count). The molecular formula is C13H13Cl2N3O.